The Balaban J connectivity index is 1.73. The molecule has 1 N–H and O–H groups in total. The summed E-state index contributed by atoms with van der Waals surface area (Å²) in [6.45, 7) is 3.82. The van der Waals surface area contributed by atoms with Crippen LogP contribution in [-0.4, -0.2) is 53.7 Å². The summed E-state index contributed by atoms with van der Waals surface area (Å²) in [5.74, 6) is -0.287. The molecule has 42 heavy (non-hydrogen) atoms. The quantitative estimate of drug-likeness (QED) is 0.332. The van der Waals surface area contributed by atoms with Crippen LogP contribution in [0.2, 0.25) is 10.0 Å². The van der Waals surface area contributed by atoms with Crippen LogP contribution in [0, 0.1) is 0 Å². The van der Waals surface area contributed by atoms with Crippen LogP contribution >= 0.6 is 23.2 Å². The van der Waals surface area contributed by atoms with Crippen molar-refractivity contribution in [3.63, 3.8) is 0 Å². The Kier molecular flexibility index (Phi) is 9.91. The van der Waals surface area contributed by atoms with E-state index in [4.69, 9.17) is 23.2 Å². The zero-order valence-corrected chi connectivity index (χ0v) is 25.4. The van der Waals surface area contributed by atoms with Gasteiger partial charge in [0.05, 0.1) is 45.0 Å². The summed E-state index contributed by atoms with van der Waals surface area (Å²) in [5.41, 5.74) is -1.94. The van der Waals surface area contributed by atoms with Gasteiger partial charge in [0, 0.05) is 30.6 Å². The van der Waals surface area contributed by atoms with E-state index >= 15 is 0 Å². The molecule has 2 aromatic carbocycles. The largest absolute Gasteiger partial charge is 0.416 e. The topological polar surface area (TPSA) is 101 Å². The van der Waals surface area contributed by atoms with Gasteiger partial charge in [0.1, 0.15) is 0 Å². The number of piperidine rings is 1. The monoisotopic (exact) mass is 646 g/mol. The van der Waals surface area contributed by atoms with Crippen LogP contribution in [0.5, 0.6) is 0 Å². The van der Waals surface area contributed by atoms with Crippen molar-refractivity contribution in [2.24, 2.45) is 0 Å². The van der Waals surface area contributed by atoms with Gasteiger partial charge in [0.25, 0.3) is 5.56 Å². The lowest BCUT2D eigenvalue weighted by Gasteiger charge is -2.34. The van der Waals surface area contributed by atoms with E-state index in [-0.39, 0.29) is 67.8 Å². The average molecular weight is 648 g/mol. The van der Waals surface area contributed by atoms with Gasteiger partial charge < -0.3 is 5.32 Å². The Bertz CT molecular complexity index is 1660. The summed E-state index contributed by atoms with van der Waals surface area (Å²) < 4.78 is 69.3. The fourth-order valence-electron chi connectivity index (χ4n) is 5.20. The van der Waals surface area contributed by atoms with Crippen molar-refractivity contribution in [2.45, 2.75) is 69.7 Å². The maximum atomic E-state index is 14.3. The van der Waals surface area contributed by atoms with Crippen LogP contribution in [0.25, 0.3) is 10.9 Å². The van der Waals surface area contributed by atoms with E-state index in [1.807, 2.05) is 6.92 Å². The molecule has 4 rings (SSSR count). The van der Waals surface area contributed by atoms with Crippen molar-refractivity contribution >= 4 is 49.8 Å². The molecule has 228 valence electrons. The molecule has 1 fully saturated rings. The second-order valence-electron chi connectivity index (χ2n) is 10.3. The molecular formula is C28H31Cl2F3N4O4S. The smallest absolute Gasteiger partial charge is 0.352 e. The number of sulfone groups is 1. The number of fused-ring (bicyclic) bond motifs is 1. The fraction of sp³-hybridized carbons (Fsp3) is 0.464. The Morgan fingerprint density at radius 2 is 1.90 bits per heavy atom. The number of benzene rings is 2. The number of likely N-dealkylation sites (tertiary alicyclic amines) is 1. The van der Waals surface area contributed by atoms with Crippen molar-refractivity contribution in [3.8, 4) is 0 Å². The minimum absolute atomic E-state index is 0.0310. The first-order chi connectivity index (χ1) is 19.7. The molecule has 1 atom stereocenters. The fourth-order valence-corrected chi connectivity index (χ4v) is 6.82. The molecule has 2 heterocycles. The van der Waals surface area contributed by atoms with Gasteiger partial charge in [-0.25, -0.2) is 13.4 Å². The molecule has 1 aliphatic heterocycles. The van der Waals surface area contributed by atoms with E-state index < -0.39 is 27.1 Å². The van der Waals surface area contributed by atoms with Crippen LogP contribution in [0.4, 0.5) is 13.2 Å². The van der Waals surface area contributed by atoms with Crippen molar-refractivity contribution in [1.82, 2.24) is 19.8 Å². The van der Waals surface area contributed by atoms with Gasteiger partial charge in [-0.2, -0.15) is 13.2 Å². The molecule has 0 spiro atoms. The number of hydrogen-bond donors (Lipinski definition) is 1. The van der Waals surface area contributed by atoms with Crippen molar-refractivity contribution < 1.29 is 26.4 Å². The third-order valence-corrected chi connectivity index (χ3v) is 9.74. The zero-order chi connectivity index (χ0) is 30.8. The number of amides is 1. The first kappa shape index (κ1) is 32.2. The minimum atomic E-state index is -4.82. The van der Waals surface area contributed by atoms with Crippen LogP contribution in [0.3, 0.4) is 0 Å². The minimum Gasteiger partial charge on any atom is -0.352 e. The normalized spacial score (nSPS) is 16.6. The summed E-state index contributed by atoms with van der Waals surface area (Å²) in [4.78, 5) is 31.5. The zero-order valence-electron chi connectivity index (χ0n) is 23.1. The van der Waals surface area contributed by atoms with Gasteiger partial charge in [-0.3, -0.25) is 19.1 Å². The van der Waals surface area contributed by atoms with E-state index in [1.54, 1.807) is 4.90 Å². The molecule has 1 aromatic heterocycles. The number of aromatic nitrogens is 2. The van der Waals surface area contributed by atoms with E-state index in [9.17, 15) is 31.2 Å². The molecule has 1 saturated heterocycles. The number of carbonyl (C=O) groups is 1. The lowest BCUT2D eigenvalue weighted by Crippen LogP contribution is -2.47. The molecule has 1 amide bonds. The number of halogens is 5. The molecule has 8 nitrogen and oxygen atoms in total. The van der Waals surface area contributed by atoms with Gasteiger partial charge in [-0.05, 0) is 61.2 Å². The molecule has 3 aromatic rings. The lowest BCUT2D eigenvalue weighted by atomic mass is 10.00. The standard InChI is InChI=1S/C28H31Cl2F3N4O4S/c1-3-6-24(38)35-19-7-5-10-36(14-19)15-21-22(28(31,32)33)12-20-26(25(21)30)34-16-37(27(20)39)13-17-11-18(29)8-9-23(17)42(40,41)4-2/h8-9,11-12,16,19H,3-7,10,13-15H2,1-2H3,(H,35,38)/t19-/m0/s1. The second kappa shape index (κ2) is 12.9. The van der Waals surface area contributed by atoms with Crippen molar-refractivity contribution in [2.75, 3.05) is 18.8 Å². The third-order valence-electron chi connectivity index (χ3n) is 7.27. The van der Waals surface area contributed by atoms with Gasteiger partial charge in [0.2, 0.25) is 5.91 Å². The SMILES string of the molecule is CCCC(=O)N[C@H]1CCCN(Cc2c(C(F)(F)F)cc3c(=O)n(Cc4cc(Cl)ccc4S(=O)(=O)CC)cnc3c2Cl)C1. The number of alkyl halides is 3. The third kappa shape index (κ3) is 7.10. The highest BCUT2D eigenvalue weighted by Gasteiger charge is 2.37. The van der Waals surface area contributed by atoms with Crippen molar-refractivity contribution in [3.05, 3.63) is 67.7 Å². The lowest BCUT2D eigenvalue weighted by molar-refractivity contribution is -0.138. The predicted octanol–water partition coefficient (Wildman–Crippen LogP) is 5.44. The molecular weight excluding hydrogens is 616 g/mol. The van der Waals surface area contributed by atoms with E-state index in [0.29, 0.717) is 32.4 Å². The number of nitrogens with zero attached hydrogens (tertiary/aromatic N) is 3. The Morgan fingerprint density at radius 1 is 1.17 bits per heavy atom. The van der Waals surface area contributed by atoms with Gasteiger partial charge in [0.15, 0.2) is 9.84 Å². The van der Waals surface area contributed by atoms with E-state index in [2.05, 4.69) is 10.3 Å². The van der Waals surface area contributed by atoms with Crippen LogP contribution in [0.15, 0.2) is 40.3 Å². The average Bonchev–Trinajstić information content (AvgIpc) is 2.91. The summed E-state index contributed by atoms with van der Waals surface area (Å²) in [6, 6.07) is 4.71. The number of carbonyl (C=O) groups excluding carboxylic acids is 1. The van der Waals surface area contributed by atoms with Crippen LogP contribution in [0.1, 0.15) is 56.2 Å². The van der Waals surface area contributed by atoms with Crippen LogP contribution < -0.4 is 10.9 Å². The summed E-state index contributed by atoms with van der Waals surface area (Å²) in [5, 5.41) is 2.55. The predicted molar refractivity (Wildman–Crippen MR) is 156 cm³/mol. The summed E-state index contributed by atoms with van der Waals surface area (Å²) >= 11 is 12.6. The highest BCUT2D eigenvalue weighted by atomic mass is 35.5. The molecule has 1 aliphatic rings. The first-order valence-electron chi connectivity index (χ1n) is 13.6. The van der Waals surface area contributed by atoms with Crippen LogP contribution in [-0.2, 0) is 33.9 Å². The molecule has 0 saturated carbocycles. The first-order valence-corrected chi connectivity index (χ1v) is 16.0. The van der Waals surface area contributed by atoms with E-state index in [0.717, 1.165) is 23.4 Å². The summed E-state index contributed by atoms with van der Waals surface area (Å²) in [7, 11) is -3.68. The molecule has 0 radical (unpaired) electrons. The molecule has 0 unspecified atom stereocenters. The van der Waals surface area contributed by atoms with E-state index in [1.165, 1.54) is 25.1 Å². The summed E-state index contributed by atoms with van der Waals surface area (Å²) in [6.07, 6.45) is -1.21. The Labute approximate surface area is 251 Å². The molecule has 0 bridgehead atoms. The Morgan fingerprint density at radius 3 is 2.57 bits per heavy atom. The second-order valence-corrected chi connectivity index (χ2v) is 13.4. The van der Waals surface area contributed by atoms with Gasteiger partial charge in [-0.15, -0.1) is 0 Å². The highest BCUT2D eigenvalue weighted by Crippen LogP contribution is 2.39. The molecule has 14 heteroatoms. The maximum Gasteiger partial charge on any atom is 0.416 e. The number of rotatable bonds is 9. The highest BCUT2D eigenvalue weighted by molar-refractivity contribution is 7.91. The van der Waals surface area contributed by atoms with Gasteiger partial charge >= 0.3 is 6.18 Å². The Hall–Kier alpha value is -2.67. The molecule has 0 aliphatic carbocycles. The van der Waals surface area contributed by atoms with Crippen molar-refractivity contribution in [1.29, 1.82) is 0 Å². The maximum absolute atomic E-state index is 14.3. The number of hydrogen-bond acceptors (Lipinski definition) is 6. The van der Waals surface area contributed by atoms with Gasteiger partial charge in [-0.1, -0.05) is 37.0 Å². The number of nitrogens with one attached hydrogen (secondary N) is 1.